The van der Waals surface area contributed by atoms with Crippen LogP contribution < -0.4 is 5.32 Å². The lowest BCUT2D eigenvalue weighted by atomic mass is 10.1. The molecule has 1 heterocycles. The molecule has 1 atom stereocenters. The lowest BCUT2D eigenvalue weighted by Gasteiger charge is -2.13. The van der Waals surface area contributed by atoms with Crippen molar-refractivity contribution in [2.24, 2.45) is 0 Å². The molecular weight excluding hydrogens is 374 g/mol. The third-order valence-electron chi connectivity index (χ3n) is 4.15. The highest BCUT2D eigenvalue weighted by atomic mass is 32.2. The zero-order valence-corrected chi connectivity index (χ0v) is 16.3. The first kappa shape index (κ1) is 19.6. The van der Waals surface area contributed by atoms with Gasteiger partial charge in [0, 0.05) is 22.7 Å². The number of nitro groups is 1. The van der Waals surface area contributed by atoms with Crippen LogP contribution in [0.25, 0.3) is 0 Å². The Hall–Kier alpha value is -3.19. The van der Waals surface area contributed by atoms with Crippen molar-refractivity contribution in [2.75, 3.05) is 0 Å². The van der Waals surface area contributed by atoms with Gasteiger partial charge in [-0.25, -0.2) is 0 Å². The van der Waals surface area contributed by atoms with Gasteiger partial charge in [0.05, 0.1) is 21.6 Å². The van der Waals surface area contributed by atoms with Crippen molar-refractivity contribution in [3.8, 4) is 0 Å². The van der Waals surface area contributed by atoms with Crippen LogP contribution in [0.2, 0.25) is 0 Å². The largest absolute Gasteiger partial charge is 0.344 e. The minimum Gasteiger partial charge on any atom is -0.344 e. The van der Waals surface area contributed by atoms with Crippen molar-refractivity contribution < 1.29 is 9.72 Å². The minimum absolute atomic E-state index is 0.0938. The van der Waals surface area contributed by atoms with E-state index in [4.69, 9.17) is 0 Å². The Kier molecular flexibility index (Phi) is 6.06. The van der Waals surface area contributed by atoms with E-state index in [0.29, 0.717) is 4.90 Å². The molecular formula is C21H19N3O3S. The normalized spacial score (nSPS) is 11.6. The summed E-state index contributed by atoms with van der Waals surface area (Å²) >= 11 is 1.30. The minimum atomic E-state index is -0.463. The van der Waals surface area contributed by atoms with Gasteiger partial charge in [-0.1, -0.05) is 35.5 Å². The molecule has 1 amide bonds. The van der Waals surface area contributed by atoms with E-state index in [2.05, 4.69) is 10.3 Å². The Morgan fingerprint density at radius 2 is 1.89 bits per heavy atom. The second kappa shape index (κ2) is 8.67. The van der Waals surface area contributed by atoms with E-state index in [0.717, 1.165) is 16.2 Å². The number of hydrogen-bond donors (Lipinski definition) is 1. The van der Waals surface area contributed by atoms with Crippen LogP contribution in [0.3, 0.4) is 0 Å². The summed E-state index contributed by atoms with van der Waals surface area (Å²) in [6.45, 7) is 3.80. The van der Waals surface area contributed by atoms with Crippen molar-refractivity contribution in [2.45, 2.75) is 29.7 Å². The molecule has 0 aliphatic heterocycles. The van der Waals surface area contributed by atoms with Gasteiger partial charge in [-0.3, -0.25) is 19.9 Å². The molecule has 7 heteroatoms. The van der Waals surface area contributed by atoms with E-state index in [1.807, 2.05) is 50.2 Å². The van der Waals surface area contributed by atoms with E-state index >= 15 is 0 Å². The molecule has 0 aliphatic carbocycles. The first-order chi connectivity index (χ1) is 13.4. The summed E-state index contributed by atoms with van der Waals surface area (Å²) in [7, 11) is 0. The molecule has 1 unspecified atom stereocenters. The average molecular weight is 393 g/mol. The Balaban J connectivity index is 1.80. The molecule has 1 aromatic heterocycles. The van der Waals surface area contributed by atoms with Crippen molar-refractivity contribution in [1.82, 2.24) is 10.3 Å². The van der Waals surface area contributed by atoms with Gasteiger partial charge >= 0.3 is 0 Å². The van der Waals surface area contributed by atoms with Crippen molar-refractivity contribution >= 4 is 23.4 Å². The van der Waals surface area contributed by atoms with Gasteiger partial charge in [0.25, 0.3) is 11.6 Å². The maximum absolute atomic E-state index is 12.5. The summed E-state index contributed by atoms with van der Waals surface area (Å²) in [6, 6.07) is 17.4. The molecule has 3 aromatic rings. The van der Waals surface area contributed by atoms with Crippen LogP contribution in [-0.4, -0.2) is 15.8 Å². The summed E-state index contributed by atoms with van der Waals surface area (Å²) in [5.74, 6) is -0.381. The van der Waals surface area contributed by atoms with Gasteiger partial charge in [0.15, 0.2) is 0 Å². The summed E-state index contributed by atoms with van der Waals surface area (Å²) in [6.07, 6.45) is 1.65. The number of aromatic nitrogens is 1. The Morgan fingerprint density at radius 1 is 1.14 bits per heavy atom. The molecule has 2 aromatic carbocycles. The lowest BCUT2D eigenvalue weighted by Crippen LogP contribution is -2.27. The molecule has 0 saturated carbocycles. The second-order valence-electron chi connectivity index (χ2n) is 6.30. The summed E-state index contributed by atoms with van der Waals surface area (Å²) in [5, 5.41) is 14.4. The van der Waals surface area contributed by atoms with E-state index in [9.17, 15) is 14.9 Å². The number of nitrogens with one attached hydrogen (secondary N) is 1. The maximum Gasteiger partial charge on any atom is 0.284 e. The number of nitro benzene ring substituents is 1. The number of aryl methyl sites for hydroxylation is 1. The predicted octanol–water partition coefficient (Wildman–Crippen LogP) is 4.94. The molecule has 0 spiro atoms. The molecule has 0 saturated heterocycles. The Morgan fingerprint density at radius 3 is 2.54 bits per heavy atom. The Labute approximate surface area is 167 Å². The van der Waals surface area contributed by atoms with Crippen LogP contribution in [-0.2, 0) is 0 Å². The van der Waals surface area contributed by atoms with Crippen LogP contribution in [0, 0.1) is 17.0 Å². The molecule has 0 bridgehead atoms. The van der Waals surface area contributed by atoms with Crippen LogP contribution in [0.4, 0.5) is 5.69 Å². The highest BCUT2D eigenvalue weighted by Crippen LogP contribution is 2.35. The number of amides is 1. The quantitative estimate of drug-likeness (QED) is 0.473. The van der Waals surface area contributed by atoms with E-state index in [1.165, 1.54) is 17.8 Å². The topological polar surface area (TPSA) is 85.1 Å². The van der Waals surface area contributed by atoms with E-state index in [1.54, 1.807) is 24.4 Å². The maximum atomic E-state index is 12.5. The smallest absolute Gasteiger partial charge is 0.284 e. The molecule has 0 aliphatic rings. The molecule has 6 nitrogen and oxygen atoms in total. The van der Waals surface area contributed by atoms with E-state index in [-0.39, 0.29) is 23.2 Å². The number of pyridine rings is 1. The highest BCUT2D eigenvalue weighted by molar-refractivity contribution is 7.99. The fourth-order valence-corrected chi connectivity index (χ4v) is 3.51. The van der Waals surface area contributed by atoms with Crippen LogP contribution in [0.1, 0.15) is 34.6 Å². The predicted molar refractivity (Wildman–Crippen MR) is 109 cm³/mol. The molecule has 142 valence electrons. The number of nitrogens with zero attached hydrogens (tertiary/aromatic N) is 2. The van der Waals surface area contributed by atoms with Crippen molar-refractivity contribution in [1.29, 1.82) is 0 Å². The van der Waals surface area contributed by atoms with Crippen molar-refractivity contribution in [3.63, 3.8) is 0 Å². The molecule has 1 N–H and O–H groups in total. The third kappa shape index (κ3) is 4.75. The molecule has 0 radical (unpaired) electrons. The van der Waals surface area contributed by atoms with Gasteiger partial charge < -0.3 is 5.32 Å². The molecule has 0 fully saturated rings. The summed E-state index contributed by atoms with van der Waals surface area (Å²) in [4.78, 5) is 29.2. The standard InChI is InChI=1S/C21H19N3O3S/c1-14-6-9-17(10-7-14)28-20-11-8-16(13-19(20)24(26)27)21(25)23-15(2)18-5-3-4-12-22-18/h3-13,15H,1-2H3,(H,23,25). The van der Waals surface area contributed by atoms with Crippen LogP contribution >= 0.6 is 11.8 Å². The first-order valence-electron chi connectivity index (χ1n) is 8.69. The van der Waals surface area contributed by atoms with Gasteiger partial charge in [-0.05, 0) is 50.2 Å². The van der Waals surface area contributed by atoms with Gasteiger partial charge in [-0.2, -0.15) is 0 Å². The van der Waals surface area contributed by atoms with Crippen molar-refractivity contribution in [3.05, 3.63) is 93.8 Å². The van der Waals surface area contributed by atoms with E-state index < -0.39 is 4.92 Å². The summed E-state index contributed by atoms with van der Waals surface area (Å²) in [5.41, 5.74) is 1.98. The second-order valence-corrected chi connectivity index (χ2v) is 7.42. The average Bonchev–Trinajstić information content (AvgIpc) is 2.70. The zero-order chi connectivity index (χ0) is 20.1. The van der Waals surface area contributed by atoms with Crippen LogP contribution in [0.15, 0.2) is 76.7 Å². The third-order valence-corrected chi connectivity index (χ3v) is 5.22. The fourth-order valence-electron chi connectivity index (χ4n) is 2.61. The summed E-state index contributed by atoms with van der Waals surface area (Å²) < 4.78 is 0. The van der Waals surface area contributed by atoms with Crippen LogP contribution in [0.5, 0.6) is 0 Å². The van der Waals surface area contributed by atoms with Gasteiger partial charge in [0.2, 0.25) is 0 Å². The Bertz CT molecular complexity index is 992. The molecule has 3 rings (SSSR count). The first-order valence-corrected chi connectivity index (χ1v) is 9.50. The number of benzene rings is 2. The SMILES string of the molecule is Cc1ccc(Sc2ccc(C(=O)NC(C)c3ccccn3)cc2[N+](=O)[O-])cc1. The highest BCUT2D eigenvalue weighted by Gasteiger charge is 2.20. The number of carbonyl (C=O) groups excluding carboxylic acids is 1. The number of hydrogen-bond acceptors (Lipinski definition) is 5. The zero-order valence-electron chi connectivity index (χ0n) is 15.5. The fraction of sp³-hybridized carbons (Fsp3) is 0.143. The number of rotatable bonds is 6. The van der Waals surface area contributed by atoms with Gasteiger partial charge in [0.1, 0.15) is 0 Å². The lowest BCUT2D eigenvalue weighted by molar-refractivity contribution is -0.387. The molecule has 28 heavy (non-hydrogen) atoms. The monoisotopic (exact) mass is 393 g/mol. The van der Waals surface area contributed by atoms with Gasteiger partial charge in [-0.15, -0.1) is 0 Å². The number of carbonyl (C=O) groups is 1.